The van der Waals surface area contributed by atoms with Crippen LogP contribution in [0.2, 0.25) is 0 Å². The van der Waals surface area contributed by atoms with Crippen molar-refractivity contribution in [3.05, 3.63) is 54.4 Å². The van der Waals surface area contributed by atoms with Gasteiger partial charge in [0.05, 0.1) is 24.3 Å². The van der Waals surface area contributed by atoms with Crippen LogP contribution in [0.5, 0.6) is 0 Å². The first-order valence-electron chi connectivity index (χ1n) is 4.93. The van der Waals surface area contributed by atoms with Crippen molar-refractivity contribution in [2.24, 2.45) is 0 Å². The molecule has 0 N–H and O–H groups in total. The topological polar surface area (TPSA) is 30.7 Å². The summed E-state index contributed by atoms with van der Waals surface area (Å²) in [6, 6.07) is 6.04. The Morgan fingerprint density at radius 3 is 3.07 bits per heavy atom. The summed E-state index contributed by atoms with van der Waals surface area (Å²) >= 11 is 0. The molecule has 0 bridgehead atoms. The summed E-state index contributed by atoms with van der Waals surface area (Å²) in [5.74, 6) is 0. The van der Waals surface area contributed by atoms with E-state index in [2.05, 4.69) is 9.97 Å². The highest BCUT2D eigenvalue weighted by molar-refractivity contribution is 5.43. The molecule has 0 amide bonds. The van der Waals surface area contributed by atoms with Gasteiger partial charge in [-0.05, 0) is 25.1 Å². The first kappa shape index (κ1) is 9.65. The minimum Gasteiger partial charge on any atom is -0.331 e. The predicted molar refractivity (Wildman–Crippen MR) is 60.3 cm³/mol. The molecule has 0 aliphatic rings. The molecule has 2 heterocycles. The lowest BCUT2D eigenvalue weighted by Gasteiger charge is -2.02. The number of allylic oxidation sites excluding steroid dienone is 1. The van der Waals surface area contributed by atoms with Gasteiger partial charge in [0.25, 0.3) is 0 Å². The monoisotopic (exact) mass is 199 g/mol. The van der Waals surface area contributed by atoms with Crippen molar-refractivity contribution in [3.63, 3.8) is 0 Å². The summed E-state index contributed by atoms with van der Waals surface area (Å²) in [4.78, 5) is 8.50. The number of aromatic nitrogens is 3. The zero-order valence-electron chi connectivity index (χ0n) is 8.67. The van der Waals surface area contributed by atoms with E-state index in [1.54, 1.807) is 12.5 Å². The van der Waals surface area contributed by atoms with E-state index in [0.717, 1.165) is 17.9 Å². The number of hydrogen-bond donors (Lipinski definition) is 0. The quantitative estimate of drug-likeness (QED) is 0.759. The predicted octanol–water partition coefficient (Wildman–Crippen LogP) is 2.36. The third kappa shape index (κ3) is 2.53. The van der Waals surface area contributed by atoms with Gasteiger partial charge in [-0.3, -0.25) is 4.98 Å². The van der Waals surface area contributed by atoms with Crippen molar-refractivity contribution in [2.45, 2.75) is 13.5 Å². The summed E-state index contributed by atoms with van der Waals surface area (Å²) < 4.78 is 2.00. The Bertz CT molecular complexity index is 444. The van der Waals surface area contributed by atoms with E-state index in [-0.39, 0.29) is 0 Å². The second-order valence-electron chi connectivity index (χ2n) is 3.29. The van der Waals surface area contributed by atoms with Gasteiger partial charge in [-0.1, -0.05) is 12.1 Å². The zero-order valence-corrected chi connectivity index (χ0v) is 8.67. The fraction of sp³-hybridized carbons (Fsp3) is 0.167. The fourth-order valence-corrected chi connectivity index (χ4v) is 1.42. The SMILES string of the molecule is C/C=C/c1cccc(Cn2ccnc2)n1. The molecule has 0 spiro atoms. The lowest BCUT2D eigenvalue weighted by atomic mass is 10.3. The summed E-state index contributed by atoms with van der Waals surface area (Å²) in [7, 11) is 0. The van der Waals surface area contributed by atoms with Gasteiger partial charge in [-0.2, -0.15) is 0 Å². The van der Waals surface area contributed by atoms with Gasteiger partial charge in [0, 0.05) is 12.4 Å². The van der Waals surface area contributed by atoms with Crippen LogP contribution in [0, 0.1) is 0 Å². The number of nitrogens with zero attached hydrogens (tertiary/aromatic N) is 3. The van der Waals surface area contributed by atoms with Gasteiger partial charge < -0.3 is 4.57 Å². The summed E-state index contributed by atoms with van der Waals surface area (Å²) in [6.07, 6.45) is 9.49. The van der Waals surface area contributed by atoms with Crippen LogP contribution in [0.3, 0.4) is 0 Å². The number of hydrogen-bond acceptors (Lipinski definition) is 2. The molecule has 0 fully saturated rings. The van der Waals surface area contributed by atoms with Gasteiger partial charge in [0.2, 0.25) is 0 Å². The molecule has 0 saturated carbocycles. The lowest BCUT2D eigenvalue weighted by molar-refractivity contribution is 0.772. The molecule has 0 aromatic carbocycles. The summed E-state index contributed by atoms with van der Waals surface area (Å²) in [5.41, 5.74) is 2.04. The highest BCUT2D eigenvalue weighted by Gasteiger charge is 1.96. The Balaban J connectivity index is 2.18. The third-order valence-corrected chi connectivity index (χ3v) is 2.07. The average molecular weight is 199 g/mol. The summed E-state index contributed by atoms with van der Waals surface area (Å²) in [6.45, 7) is 2.76. The molecule has 2 rings (SSSR count). The average Bonchev–Trinajstić information content (AvgIpc) is 2.71. The minimum atomic E-state index is 0.769. The number of imidazole rings is 1. The first-order valence-corrected chi connectivity index (χ1v) is 4.93. The van der Waals surface area contributed by atoms with Crippen molar-refractivity contribution in [2.75, 3.05) is 0 Å². The molecule has 3 heteroatoms. The standard InChI is InChI=1S/C12H13N3/c1-2-4-11-5-3-6-12(14-11)9-15-8-7-13-10-15/h2-8,10H,9H2,1H3/b4-2+. The van der Waals surface area contributed by atoms with Crippen LogP contribution >= 0.6 is 0 Å². The van der Waals surface area contributed by atoms with E-state index in [0.29, 0.717) is 0 Å². The van der Waals surface area contributed by atoms with E-state index in [1.165, 1.54) is 0 Å². The number of pyridine rings is 1. The minimum absolute atomic E-state index is 0.769. The smallest absolute Gasteiger partial charge is 0.0949 e. The molecule has 0 aliphatic heterocycles. The molecule has 3 nitrogen and oxygen atoms in total. The Morgan fingerprint density at radius 1 is 1.40 bits per heavy atom. The summed E-state index contributed by atoms with van der Waals surface area (Å²) in [5, 5.41) is 0. The molecule has 76 valence electrons. The second kappa shape index (κ2) is 4.55. The highest BCUT2D eigenvalue weighted by atomic mass is 15.0. The number of rotatable bonds is 3. The van der Waals surface area contributed by atoms with Crippen LogP contribution in [-0.4, -0.2) is 14.5 Å². The molecule has 0 radical (unpaired) electrons. The van der Waals surface area contributed by atoms with Crippen LogP contribution in [0.15, 0.2) is 43.0 Å². The Hall–Kier alpha value is -1.90. The first-order chi connectivity index (χ1) is 7.38. The van der Waals surface area contributed by atoms with Gasteiger partial charge in [-0.25, -0.2) is 4.98 Å². The van der Waals surface area contributed by atoms with E-state index >= 15 is 0 Å². The fourth-order valence-electron chi connectivity index (χ4n) is 1.42. The highest BCUT2D eigenvalue weighted by Crippen LogP contribution is 2.03. The van der Waals surface area contributed by atoms with Crippen molar-refractivity contribution < 1.29 is 0 Å². The lowest BCUT2D eigenvalue weighted by Crippen LogP contribution is -1.99. The van der Waals surface area contributed by atoms with Crippen molar-refractivity contribution in [3.8, 4) is 0 Å². The molecule has 15 heavy (non-hydrogen) atoms. The normalized spacial score (nSPS) is 11.0. The van der Waals surface area contributed by atoms with Gasteiger partial charge in [0.15, 0.2) is 0 Å². The Kier molecular flexibility index (Phi) is 2.93. The van der Waals surface area contributed by atoms with Crippen LogP contribution in [0.1, 0.15) is 18.3 Å². The molecule has 0 atom stereocenters. The Labute approximate surface area is 89.1 Å². The van der Waals surface area contributed by atoms with Gasteiger partial charge in [-0.15, -0.1) is 0 Å². The maximum absolute atomic E-state index is 4.50. The van der Waals surface area contributed by atoms with E-state index in [9.17, 15) is 0 Å². The van der Waals surface area contributed by atoms with Crippen LogP contribution in [-0.2, 0) is 6.54 Å². The maximum atomic E-state index is 4.50. The molecular weight excluding hydrogens is 186 g/mol. The van der Waals surface area contributed by atoms with E-state index in [1.807, 2.05) is 48.0 Å². The van der Waals surface area contributed by atoms with Crippen LogP contribution in [0.25, 0.3) is 6.08 Å². The van der Waals surface area contributed by atoms with Gasteiger partial charge >= 0.3 is 0 Å². The molecule has 0 aliphatic carbocycles. The molecule has 2 aromatic rings. The van der Waals surface area contributed by atoms with Gasteiger partial charge in [0.1, 0.15) is 0 Å². The maximum Gasteiger partial charge on any atom is 0.0949 e. The van der Waals surface area contributed by atoms with Crippen molar-refractivity contribution in [1.29, 1.82) is 0 Å². The van der Waals surface area contributed by atoms with E-state index < -0.39 is 0 Å². The van der Waals surface area contributed by atoms with Crippen LogP contribution < -0.4 is 0 Å². The molecule has 0 saturated heterocycles. The Morgan fingerprint density at radius 2 is 2.33 bits per heavy atom. The third-order valence-electron chi connectivity index (χ3n) is 2.07. The largest absolute Gasteiger partial charge is 0.331 e. The van der Waals surface area contributed by atoms with E-state index in [4.69, 9.17) is 0 Å². The van der Waals surface area contributed by atoms with Crippen molar-refractivity contribution >= 4 is 6.08 Å². The zero-order chi connectivity index (χ0) is 10.5. The van der Waals surface area contributed by atoms with Crippen molar-refractivity contribution in [1.82, 2.24) is 14.5 Å². The van der Waals surface area contributed by atoms with Crippen LogP contribution in [0.4, 0.5) is 0 Å². The molecular formula is C12H13N3. The molecule has 2 aromatic heterocycles. The second-order valence-corrected chi connectivity index (χ2v) is 3.29. The molecule has 0 unspecified atom stereocenters.